The molecule has 0 spiro atoms. The first-order valence-corrected chi connectivity index (χ1v) is 9.46. The van der Waals surface area contributed by atoms with Gasteiger partial charge in [-0.3, -0.25) is 9.59 Å². The quantitative estimate of drug-likeness (QED) is 0.594. The largest absolute Gasteiger partial charge is 0.486 e. The van der Waals surface area contributed by atoms with Crippen LogP contribution in [0.5, 0.6) is 5.75 Å². The predicted octanol–water partition coefficient (Wildman–Crippen LogP) is 2.38. The highest BCUT2D eigenvalue weighted by Gasteiger charge is 2.26. The molecule has 7 heteroatoms. The summed E-state index contributed by atoms with van der Waals surface area (Å²) in [6.07, 6.45) is 1.82. The number of fused-ring (bicyclic) bond motifs is 2. The highest BCUT2D eigenvalue weighted by molar-refractivity contribution is 6.08. The molecule has 1 aromatic heterocycles. The van der Waals surface area contributed by atoms with Gasteiger partial charge in [0.15, 0.2) is 0 Å². The van der Waals surface area contributed by atoms with E-state index in [2.05, 4.69) is 17.4 Å². The number of primary amides is 1. The van der Waals surface area contributed by atoms with Crippen LogP contribution >= 0.6 is 0 Å². The number of aryl methyl sites for hydroxylation is 2. The molecule has 0 saturated carbocycles. The lowest BCUT2D eigenvalue weighted by Crippen LogP contribution is -2.46. The van der Waals surface area contributed by atoms with Gasteiger partial charge in [0.2, 0.25) is 5.91 Å². The van der Waals surface area contributed by atoms with Crippen LogP contribution in [0.1, 0.15) is 39.8 Å². The first kappa shape index (κ1) is 19.0. The second-order valence-corrected chi connectivity index (χ2v) is 7.15. The van der Waals surface area contributed by atoms with Crippen LogP contribution in [0.15, 0.2) is 46.9 Å². The van der Waals surface area contributed by atoms with Crippen molar-refractivity contribution in [1.82, 2.24) is 5.32 Å². The van der Waals surface area contributed by atoms with E-state index in [-0.39, 0.29) is 11.7 Å². The molecule has 0 fully saturated rings. The third-order valence-corrected chi connectivity index (χ3v) is 5.25. The molecule has 4 rings (SSSR count). The molecule has 0 bridgehead atoms. The Morgan fingerprint density at radius 2 is 2.10 bits per heavy atom. The Balaban J connectivity index is 1.63. The summed E-state index contributed by atoms with van der Waals surface area (Å²) in [6, 6.07) is 12.4. The summed E-state index contributed by atoms with van der Waals surface area (Å²) in [5, 5.41) is 12.3. The molecule has 1 heterocycles. The monoisotopic (exact) mass is 394 g/mol. The van der Waals surface area contributed by atoms with Crippen LogP contribution in [0, 0.1) is 6.92 Å². The summed E-state index contributed by atoms with van der Waals surface area (Å²) >= 11 is 0. The van der Waals surface area contributed by atoms with Crippen molar-refractivity contribution in [2.75, 3.05) is 6.61 Å². The molecule has 0 aliphatic heterocycles. The van der Waals surface area contributed by atoms with Gasteiger partial charge >= 0.3 is 0 Å². The predicted molar refractivity (Wildman–Crippen MR) is 107 cm³/mol. The maximum atomic E-state index is 12.7. The van der Waals surface area contributed by atoms with Crippen molar-refractivity contribution in [3.8, 4) is 5.75 Å². The van der Waals surface area contributed by atoms with E-state index in [9.17, 15) is 14.7 Å². The fraction of sp³-hybridized carbons (Fsp3) is 0.273. The van der Waals surface area contributed by atoms with Crippen LogP contribution in [0.2, 0.25) is 0 Å². The van der Waals surface area contributed by atoms with E-state index >= 15 is 0 Å². The average Bonchev–Trinajstić information content (AvgIpc) is 3.25. The van der Waals surface area contributed by atoms with E-state index in [1.165, 1.54) is 11.1 Å². The van der Waals surface area contributed by atoms with Gasteiger partial charge in [-0.2, -0.15) is 0 Å². The zero-order valence-corrected chi connectivity index (χ0v) is 16.0. The normalized spacial score (nSPS) is 16.4. The molecule has 7 nitrogen and oxygen atoms in total. The molecular formula is C22H22N2O5. The number of aliphatic hydroxyl groups excluding tert-OH is 1. The minimum Gasteiger partial charge on any atom is -0.486 e. The summed E-state index contributed by atoms with van der Waals surface area (Å²) in [5.74, 6) is -0.317. The number of rotatable bonds is 6. The number of carbonyl (C=O) groups excluding carboxylic acids is 2. The first-order chi connectivity index (χ1) is 14.0. The highest BCUT2D eigenvalue weighted by atomic mass is 16.5. The number of furan rings is 1. The van der Waals surface area contributed by atoms with Crippen LogP contribution in [-0.2, 0) is 11.2 Å². The zero-order chi connectivity index (χ0) is 20.5. The summed E-state index contributed by atoms with van der Waals surface area (Å²) in [7, 11) is 0. The molecule has 1 unspecified atom stereocenters. The number of hydrogen-bond donors (Lipinski definition) is 3. The number of hydrogen-bond acceptors (Lipinski definition) is 5. The molecule has 1 aliphatic carbocycles. The number of benzene rings is 2. The Morgan fingerprint density at radius 3 is 2.86 bits per heavy atom. The summed E-state index contributed by atoms with van der Waals surface area (Å²) in [6.45, 7) is 1.09. The van der Waals surface area contributed by atoms with Gasteiger partial charge in [0, 0.05) is 5.39 Å². The summed E-state index contributed by atoms with van der Waals surface area (Å²) in [5.41, 5.74) is 8.49. The van der Waals surface area contributed by atoms with Crippen molar-refractivity contribution < 1.29 is 23.8 Å². The van der Waals surface area contributed by atoms with Gasteiger partial charge in [0.1, 0.15) is 29.2 Å². The Morgan fingerprint density at radius 1 is 1.31 bits per heavy atom. The van der Waals surface area contributed by atoms with Crippen molar-refractivity contribution in [2.24, 2.45) is 5.73 Å². The van der Waals surface area contributed by atoms with Crippen LogP contribution in [-0.4, -0.2) is 29.6 Å². The van der Waals surface area contributed by atoms with E-state index in [1.807, 2.05) is 18.2 Å². The van der Waals surface area contributed by atoms with Crippen molar-refractivity contribution in [2.45, 2.75) is 31.9 Å². The molecule has 29 heavy (non-hydrogen) atoms. The molecular weight excluding hydrogens is 372 g/mol. The van der Waals surface area contributed by atoms with Crippen molar-refractivity contribution in [3.63, 3.8) is 0 Å². The topological polar surface area (TPSA) is 115 Å². The lowest BCUT2D eigenvalue weighted by Gasteiger charge is -2.15. The fourth-order valence-corrected chi connectivity index (χ4v) is 3.80. The second-order valence-electron chi connectivity index (χ2n) is 7.15. The molecule has 0 radical (unpaired) electrons. The maximum absolute atomic E-state index is 12.7. The van der Waals surface area contributed by atoms with Crippen molar-refractivity contribution >= 4 is 22.8 Å². The third-order valence-electron chi connectivity index (χ3n) is 5.25. The summed E-state index contributed by atoms with van der Waals surface area (Å²) < 4.78 is 11.9. The van der Waals surface area contributed by atoms with E-state index < -0.39 is 24.5 Å². The van der Waals surface area contributed by atoms with Gasteiger partial charge in [0.05, 0.1) is 12.2 Å². The van der Waals surface area contributed by atoms with Gasteiger partial charge in [-0.05, 0) is 49.1 Å². The van der Waals surface area contributed by atoms with Crippen LogP contribution in [0.25, 0.3) is 11.0 Å². The van der Waals surface area contributed by atoms with Crippen molar-refractivity contribution in [1.29, 1.82) is 0 Å². The highest BCUT2D eigenvalue weighted by Crippen LogP contribution is 2.36. The molecule has 2 atom stereocenters. The Labute approximate surface area is 167 Å². The average molecular weight is 394 g/mol. The number of aliphatic hydroxyl groups is 1. The van der Waals surface area contributed by atoms with Gasteiger partial charge < -0.3 is 25.3 Å². The van der Waals surface area contributed by atoms with Crippen LogP contribution in [0.3, 0.4) is 0 Å². The minimum absolute atomic E-state index is 0.0393. The Bertz CT molecular complexity index is 1090. The van der Waals surface area contributed by atoms with Gasteiger partial charge in [-0.1, -0.05) is 24.3 Å². The SMILES string of the molecule is Cc1oc2ccc(OC3CCc4ccccc43)cc2c1C(=O)N[C@@H](CO)C(N)=O. The van der Waals surface area contributed by atoms with E-state index in [4.69, 9.17) is 14.9 Å². The van der Waals surface area contributed by atoms with Gasteiger partial charge in [-0.15, -0.1) is 0 Å². The number of amides is 2. The minimum atomic E-state index is -1.17. The van der Waals surface area contributed by atoms with Gasteiger partial charge in [-0.25, -0.2) is 0 Å². The number of carbonyl (C=O) groups is 2. The molecule has 1 aliphatic rings. The molecule has 2 amide bonds. The van der Waals surface area contributed by atoms with Crippen LogP contribution in [0.4, 0.5) is 0 Å². The molecule has 3 aromatic rings. The number of nitrogens with two attached hydrogens (primary N) is 1. The van der Waals surface area contributed by atoms with Gasteiger partial charge in [0.25, 0.3) is 5.91 Å². The maximum Gasteiger partial charge on any atom is 0.256 e. The third kappa shape index (κ3) is 3.56. The first-order valence-electron chi connectivity index (χ1n) is 9.46. The molecule has 150 valence electrons. The number of nitrogens with one attached hydrogen (secondary N) is 1. The molecule has 4 N–H and O–H groups in total. The fourth-order valence-electron chi connectivity index (χ4n) is 3.80. The second kappa shape index (κ2) is 7.60. The lowest BCUT2D eigenvalue weighted by atomic mass is 10.1. The molecule has 2 aromatic carbocycles. The number of ether oxygens (including phenoxy) is 1. The van der Waals surface area contributed by atoms with E-state index in [0.29, 0.717) is 22.5 Å². The van der Waals surface area contributed by atoms with E-state index in [1.54, 1.807) is 19.1 Å². The van der Waals surface area contributed by atoms with E-state index in [0.717, 1.165) is 12.8 Å². The standard InChI is InChI=1S/C22H22N2O5/c1-12-20(22(27)24-17(11-25)21(23)26)16-10-14(7-9-19(16)28-12)29-18-8-6-13-4-2-3-5-15(13)18/h2-5,7,9-10,17-18,25H,6,8,11H2,1H3,(H2,23,26)(H,24,27)/t17-,18?/m0/s1. The van der Waals surface area contributed by atoms with Crippen LogP contribution < -0.4 is 15.8 Å². The zero-order valence-electron chi connectivity index (χ0n) is 16.0. The Hall–Kier alpha value is -3.32. The smallest absolute Gasteiger partial charge is 0.256 e. The lowest BCUT2D eigenvalue weighted by molar-refractivity contribution is -0.120. The molecule has 0 saturated heterocycles. The van der Waals surface area contributed by atoms with Crippen molar-refractivity contribution in [3.05, 3.63) is 64.9 Å². The summed E-state index contributed by atoms with van der Waals surface area (Å²) in [4.78, 5) is 24.0. The Kier molecular flexibility index (Phi) is 4.98.